The average Bonchev–Trinajstić information content (AvgIpc) is 2.48. The van der Waals surface area contributed by atoms with Crippen molar-refractivity contribution >= 4 is 11.6 Å². The summed E-state index contributed by atoms with van der Waals surface area (Å²) in [7, 11) is 1.58. The molecule has 0 aromatic heterocycles. The maximum Gasteiger partial charge on any atom is 0.238 e. The Morgan fingerprint density at radius 2 is 2.10 bits per heavy atom. The Bertz CT molecular complexity index is 418. The van der Waals surface area contributed by atoms with Crippen molar-refractivity contribution in [1.82, 2.24) is 5.32 Å². The van der Waals surface area contributed by atoms with Crippen molar-refractivity contribution in [3.8, 4) is 5.75 Å². The van der Waals surface area contributed by atoms with Gasteiger partial charge in [-0.25, -0.2) is 0 Å². The molecule has 118 valence electrons. The second-order valence-corrected chi connectivity index (χ2v) is 5.05. The predicted octanol–water partition coefficient (Wildman–Crippen LogP) is 2.02. The van der Waals surface area contributed by atoms with Crippen LogP contribution in [0.15, 0.2) is 24.3 Å². The highest BCUT2D eigenvalue weighted by molar-refractivity contribution is 5.93. The zero-order valence-electron chi connectivity index (χ0n) is 12.9. The zero-order chi connectivity index (χ0) is 15.5. The van der Waals surface area contributed by atoms with Gasteiger partial charge in [0.25, 0.3) is 0 Å². The Labute approximate surface area is 126 Å². The SMILES string of the molecule is CCCC(CCO)CNCC(=O)Nc1ccccc1OC. The summed E-state index contributed by atoms with van der Waals surface area (Å²) in [6, 6.07) is 7.32. The number of ether oxygens (including phenoxy) is 1. The molecule has 21 heavy (non-hydrogen) atoms. The Hall–Kier alpha value is -1.59. The lowest BCUT2D eigenvalue weighted by Crippen LogP contribution is -2.32. The van der Waals surface area contributed by atoms with E-state index in [1.54, 1.807) is 7.11 Å². The van der Waals surface area contributed by atoms with E-state index in [-0.39, 0.29) is 19.1 Å². The van der Waals surface area contributed by atoms with Crippen LogP contribution in [0.3, 0.4) is 0 Å². The van der Waals surface area contributed by atoms with Crippen LogP contribution in [0.25, 0.3) is 0 Å². The molecule has 0 bridgehead atoms. The standard InChI is InChI=1S/C16H26N2O3/c1-3-6-13(9-10-19)11-17-12-16(20)18-14-7-4-5-8-15(14)21-2/h4-5,7-8,13,17,19H,3,6,9-12H2,1-2H3,(H,18,20). The number of anilines is 1. The van der Waals surface area contributed by atoms with Crippen molar-refractivity contribution in [3.63, 3.8) is 0 Å². The molecule has 0 saturated carbocycles. The third-order valence-corrected chi connectivity index (χ3v) is 3.33. The number of nitrogens with one attached hydrogen (secondary N) is 2. The third-order valence-electron chi connectivity index (χ3n) is 3.33. The lowest BCUT2D eigenvalue weighted by Gasteiger charge is -2.16. The zero-order valence-corrected chi connectivity index (χ0v) is 12.9. The van der Waals surface area contributed by atoms with E-state index in [9.17, 15) is 4.79 Å². The number of methoxy groups -OCH3 is 1. The normalized spacial score (nSPS) is 12.0. The summed E-state index contributed by atoms with van der Waals surface area (Å²) in [5.41, 5.74) is 0.673. The number of rotatable bonds is 10. The lowest BCUT2D eigenvalue weighted by atomic mass is 10.0. The topological polar surface area (TPSA) is 70.6 Å². The van der Waals surface area contributed by atoms with Crippen LogP contribution in [-0.4, -0.2) is 37.8 Å². The number of benzene rings is 1. The van der Waals surface area contributed by atoms with Gasteiger partial charge >= 0.3 is 0 Å². The Kier molecular flexibility index (Phi) is 8.47. The Balaban J connectivity index is 2.36. The second kappa shape index (κ2) is 10.2. The number of carbonyl (C=O) groups is 1. The lowest BCUT2D eigenvalue weighted by molar-refractivity contribution is -0.115. The van der Waals surface area contributed by atoms with Crippen LogP contribution in [-0.2, 0) is 4.79 Å². The number of aliphatic hydroxyl groups is 1. The van der Waals surface area contributed by atoms with Crippen LogP contribution >= 0.6 is 0 Å². The highest BCUT2D eigenvalue weighted by Gasteiger charge is 2.09. The molecule has 0 radical (unpaired) electrons. The molecular formula is C16H26N2O3. The molecule has 5 nitrogen and oxygen atoms in total. The van der Waals surface area contributed by atoms with Crippen LogP contribution in [0.5, 0.6) is 5.75 Å². The molecule has 5 heteroatoms. The van der Waals surface area contributed by atoms with Gasteiger partial charge in [0.2, 0.25) is 5.91 Å². The maximum absolute atomic E-state index is 11.9. The quantitative estimate of drug-likeness (QED) is 0.617. The van der Waals surface area contributed by atoms with Gasteiger partial charge in [-0.2, -0.15) is 0 Å². The van der Waals surface area contributed by atoms with E-state index in [2.05, 4.69) is 17.6 Å². The number of para-hydroxylation sites is 2. The van der Waals surface area contributed by atoms with E-state index in [1.807, 2.05) is 24.3 Å². The van der Waals surface area contributed by atoms with Crippen molar-refractivity contribution < 1.29 is 14.6 Å². The Morgan fingerprint density at radius 1 is 1.33 bits per heavy atom. The highest BCUT2D eigenvalue weighted by atomic mass is 16.5. The van der Waals surface area contributed by atoms with Gasteiger partial charge in [0.15, 0.2) is 0 Å². The molecule has 0 aliphatic carbocycles. The van der Waals surface area contributed by atoms with Crippen molar-refractivity contribution in [2.45, 2.75) is 26.2 Å². The highest BCUT2D eigenvalue weighted by Crippen LogP contribution is 2.22. The molecule has 0 aliphatic rings. The minimum atomic E-state index is -0.0984. The molecule has 0 spiro atoms. The maximum atomic E-state index is 11.9. The molecular weight excluding hydrogens is 268 g/mol. The Morgan fingerprint density at radius 3 is 2.76 bits per heavy atom. The van der Waals surface area contributed by atoms with Crippen LogP contribution in [0, 0.1) is 5.92 Å². The van der Waals surface area contributed by atoms with Crippen molar-refractivity contribution in [2.75, 3.05) is 32.1 Å². The molecule has 1 rings (SSSR count). The smallest absolute Gasteiger partial charge is 0.238 e. The molecule has 0 saturated heterocycles. The minimum Gasteiger partial charge on any atom is -0.495 e. The first-order valence-electron chi connectivity index (χ1n) is 7.45. The monoisotopic (exact) mass is 294 g/mol. The summed E-state index contributed by atoms with van der Waals surface area (Å²) in [5.74, 6) is 0.966. The van der Waals surface area contributed by atoms with Gasteiger partial charge in [0, 0.05) is 6.61 Å². The van der Waals surface area contributed by atoms with E-state index in [1.165, 1.54) is 0 Å². The summed E-state index contributed by atoms with van der Waals surface area (Å²) in [5, 5.41) is 15.0. The van der Waals surface area contributed by atoms with E-state index in [4.69, 9.17) is 9.84 Å². The van der Waals surface area contributed by atoms with Crippen molar-refractivity contribution in [1.29, 1.82) is 0 Å². The van der Waals surface area contributed by atoms with Gasteiger partial charge in [-0.05, 0) is 37.4 Å². The first-order valence-corrected chi connectivity index (χ1v) is 7.45. The molecule has 1 atom stereocenters. The van der Waals surface area contributed by atoms with E-state index in [0.717, 1.165) is 25.8 Å². The fourth-order valence-corrected chi connectivity index (χ4v) is 2.27. The van der Waals surface area contributed by atoms with Gasteiger partial charge in [-0.3, -0.25) is 4.79 Å². The molecule has 3 N–H and O–H groups in total. The first kappa shape index (κ1) is 17.5. The number of aliphatic hydroxyl groups excluding tert-OH is 1. The summed E-state index contributed by atoms with van der Waals surface area (Å²) >= 11 is 0. The summed E-state index contributed by atoms with van der Waals surface area (Å²) in [6.45, 7) is 3.32. The molecule has 0 fully saturated rings. The molecule has 0 aliphatic heterocycles. The number of hydrogen-bond acceptors (Lipinski definition) is 4. The van der Waals surface area contributed by atoms with Gasteiger partial charge in [-0.15, -0.1) is 0 Å². The van der Waals surface area contributed by atoms with Gasteiger partial charge < -0.3 is 20.5 Å². The van der Waals surface area contributed by atoms with Crippen molar-refractivity contribution in [3.05, 3.63) is 24.3 Å². The predicted molar refractivity (Wildman–Crippen MR) is 84.6 cm³/mol. The van der Waals surface area contributed by atoms with Crippen LogP contribution < -0.4 is 15.4 Å². The molecule has 1 unspecified atom stereocenters. The van der Waals surface area contributed by atoms with Crippen molar-refractivity contribution in [2.24, 2.45) is 5.92 Å². The number of hydrogen-bond donors (Lipinski definition) is 3. The summed E-state index contributed by atoms with van der Waals surface area (Å²) in [4.78, 5) is 11.9. The number of carbonyl (C=O) groups excluding carboxylic acids is 1. The van der Waals surface area contributed by atoms with E-state index >= 15 is 0 Å². The van der Waals surface area contributed by atoms with Gasteiger partial charge in [0.05, 0.1) is 19.3 Å². The van der Waals surface area contributed by atoms with Crippen LogP contribution in [0.2, 0.25) is 0 Å². The van der Waals surface area contributed by atoms with E-state index in [0.29, 0.717) is 17.4 Å². The average molecular weight is 294 g/mol. The van der Waals surface area contributed by atoms with Gasteiger partial charge in [0.1, 0.15) is 5.75 Å². The fourth-order valence-electron chi connectivity index (χ4n) is 2.27. The second-order valence-electron chi connectivity index (χ2n) is 5.05. The summed E-state index contributed by atoms with van der Waals surface area (Å²) in [6.07, 6.45) is 2.91. The molecule has 1 aromatic rings. The molecule has 1 aromatic carbocycles. The summed E-state index contributed by atoms with van der Waals surface area (Å²) < 4.78 is 5.19. The van der Waals surface area contributed by atoms with Gasteiger partial charge in [-0.1, -0.05) is 25.5 Å². The number of amides is 1. The molecule has 0 heterocycles. The van der Waals surface area contributed by atoms with E-state index < -0.39 is 0 Å². The minimum absolute atomic E-state index is 0.0984. The fraction of sp³-hybridized carbons (Fsp3) is 0.562. The largest absolute Gasteiger partial charge is 0.495 e. The molecule has 1 amide bonds. The van der Waals surface area contributed by atoms with Crippen LogP contribution in [0.4, 0.5) is 5.69 Å². The van der Waals surface area contributed by atoms with Crippen LogP contribution in [0.1, 0.15) is 26.2 Å². The third kappa shape index (κ3) is 6.60. The first-order chi connectivity index (χ1) is 10.2.